The summed E-state index contributed by atoms with van der Waals surface area (Å²) in [4.78, 5) is 40.1. The third-order valence-corrected chi connectivity index (χ3v) is 3.42. The smallest absolute Gasteiger partial charge is 0.339 e. The average Bonchev–Trinajstić information content (AvgIpc) is 2.66. The van der Waals surface area contributed by atoms with Gasteiger partial charge in [0, 0.05) is 12.4 Å². The van der Waals surface area contributed by atoms with Gasteiger partial charge in [-0.25, -0.2) is 9.59 Å². The summed E-state index contributed by atoms with van der Waals surface area (Å²) in [6.45, 7) is 1.72. The van der Waals surface area contributed by atoms with Crippen LogP contribution in [-0.4, -0.2) is 36.0 Å². The van der Waals surface area contributed by atoms with Crippen molar-refractivity contribution in [2.45, 2.75) is 19.4 Å². The van der Waals surface area contributed by atoms with E-state index in [1.165, 1.54) is 37.7 Å². The van der Waals surface area contributed by atoms with Crippen LogP contribution in [0, 0.1) is 0 Å². The average molecular weight is 342 g/mol. The zero-order valence-electron chi connectivity index (χ0n) is 13.9. The van der Waals surface area contributed by atoms with Gasteiger partial charge >= 0.3 is 11.9 Å². The summed E-state index contributed by atoms with van der Waals surface area (Å²) in [6, 6.07) is 9.43. The van der Waals surface area contributed by atoms with Crippen molar-refractivity contribution in [3.63, 3.8) is 0 Å². The van der Waals surface area contributed by atoms with Gasteiger partial charge in [0.25, 0.3) is 5.91 Å². The quantitative estimate of drug-likeness (QED) is 0.810. The van der Waals surface area contributed by atoms with Crippen LogP contribution in [0.5, 0.6) is 0 Å². The number of hydrogen-bond acceptors (Lipinski definition) is 6. The molecular weight excluding hydrogens is 324 g/mol. The van der Waals surface area contributed by atoms with Crippen LogP contribution in [0.3, 0.4) is 0 Å². The van der Waals surface area contributed by atoms with Crippen molar-refractivity contribution in [2.24, 2.45) is 0 Å². The van der Waals surface area contributed by atoms with Crippen LogP contribution < -0.4 is 5.32 Å². The molecule has 0 radical (unpaired) electrons. The summed E-state index contributed by atoms with van der Waals surface area (Å²) in [7, 11) is 1.26. The second kappa shape index (κ2) is 8.58. The molecule has 0 aliphatic carbocycles. The Labute approximate surface area is 145 Å². The van der Waals surface area contributed by atoms with E-state index in [9.17, 15) is 14.4 Å². The zero-order valence-corrected chi connectivity index (χ0v) is 13.9. The molecule has 0 aliphatic heterocycles. The van der Waals surface area contributed by atoms with Crippen LogP contribution in [0.15, 0.2) is 48.8 Å². The second-order valence-electron chi connectivity index (χ2n) is 5.06. The van der Waals surface area contributed by atoms with E-state index in [2.05, 4.69) is 15.0 Å². The maximum atomic E-state index is 12.4. The molecule has 0 fully saturated rings. The molecule has 1 aromatic heterocycles. The summed E-state index contributed by atoms with van der Waals surface area (Å²) in [6.07, 6.45) is 2.21. The van der Waals surface area contributed by atoms with E-state index in [0.717, 1.165) is 0 Å². The van der Waals surface area contributed by atoms with E-state index in [-0.39, 0.29) is 17.7 Å². The first-order valence-electron chi connectivity index (χ1n) is 7.66. The van der Waals surface area contributed by atoms with Crippen molar-refractivity contribution in [2.75, 3.05) is 12.4 Å². The van der Waals surface area contributed by atoms with E-state index < -0.39 is 23.9 Å². The minimum absolute atomic E-state index is 0.216. The van der Waals surface area contributed by atoms with Gasteiger partial charge in [-0.2, -0.15) is 0 Å². The first-order chi connectivity index (χ1) is 12.1. The number of carbonyl (C=O) groups excluding carboxylic acids is 3. The van der Waals surface area contributed by atoms with E-state index in [4.69, 9.17) is 4.74 Å². The molecule has 1 unspecified atom stereocenters. The van der Waals surface area contributed by atoms with Crippen molar-refractivity contribution < 1.29 is 23.9 Å². The van der Waals surface area contributed by atoms with Gasteiger partial charge in [-0.05, 0) is 30.7 Å². The molecule has 1 N–H and O–H groups in total. The van der Waals surface area contributed by atoms with Crippen LogP contribution >= 0.6 is 0 Å². The van der Waals surface area contributed by atoms with E-state index in [0.29, 0.717) is 5.56 Å². The van der Waals surface area contributed by atoms with Crippen molar-refractivity contribution in [3.8, 4) is 0 Å². The summed E-state index contributed by atoms with van der Waals surface area (Å²) < 4.78 is 9.94. The van der Waals surface area contributed by atoms with Crippen molar-refractivity contribution in [1.82, 2.24) is 4.98 Å². The number of anilines is 1. The predicted molar refractivity (Wildman–Crippen MR) is 90.1 cm³/mol. The first kappa shape index (κ1) is 18.1. The Morgan fingerprint density at radius 3 is 2.40 bits per heavy atom. The molecule has 0 spiro atoms. The van der Waals surface area contributed by atoms with Crippen molar-refractivity contribution in [1.29, 1.82) is 0 Å². The highest BCUT2D eigenvalue weighted by Gasteiger charge is 2.23. The third kappa shape index (κ3) is 4.63. The minimum atomic E-state index is -0.994. The molecule has 25 heavy (non-hydrogen) atoms. The number of ether oxygens (including phenoxy) is 2. The van der Waals surface area contributed by atoms with Gasteiger partial charge in [-0.3, -0.25) is 9.78 Å². The van der Waals surface area contributed by atoms with Gasteiger partial charge in [0.1, 0.15) is 0 Å². The summed E-state index contributed by atoms with van der Waals surface area (Å²) in [5.74, 6) is -1.72. The van der Waals surface area contributed by atoms with E-state index in [1.54, 1.807) is 25.1 Å². The molecule has 2 rings (SSSR count). The number of benzene rings is 1. The SMILES string of the molecule is CCC(OC(=O)c1ccncc1)C(=O)Nc1ccccc1C(=O)OC. The lowest BCUT2D eigenvalue weighted by Crippen LogP contribution is -2.32. The van der Waals surface area contributed by atoms with Crippen molar-refractivity contribution in [3.05, 3.63) is 59.9 Å². The van der Waals surface area contributed by atoms with Gasteiger partial charge in [0.2, 0.25) is 0 Å². The van der Waals surface area contributed by atoms with Gasteiger partial charge < -0.3 is 14.8 Å². The number of aromatic nitrogens is 1. The van der Waals surface area contributed by atoms with Crippen LogP contribution in [0.25, 0.3) is 0 Å². The molecule has 1 atom stereocenters. The highest BCUT2D eigenvalue weighted by Crippen LogP contribution is 2.17. The largest absolute Gasteiger partial charge is 0.465 e. The van der Waals surface area contributed by atoms with Crippen molar-refractivity contribution >= 4 is 23.5 Å². The Morgan fingerprint density at radius 2 is 1.76 bits per heavy atom. The molecule has 1 aromatic carbocycles. The van der Waals surface area contributed by atoms with Crippen LogP contribution in [0.4, 0.5) is 5.69 Å². The fourth-order valence-electron chi connectivity index (χ4n) is 2.10. The van der Waals surface area contributed by atoms with Crippen LogP contribution in [0.1, 0.15) is 34.1 Å². The number of esters is 2. The normalized spacial score (nSPS) is 11.3. The van der Waals surface area contributed by atoms with Gasteiger partial charge in [-0.1, -0.05) is 19.1 Å². The topological polar surface area (TPSA) is 94.6 Å². The maximum absolute atomic E-state index is 12.4. The first-order valence-corrected chi connectivity index (χ1v) is 7.66. The molecule has 0 bridgehead atoms. The minimum Gasteiger partial charge on any atom is -0.465 e. The lowest BCUT2D eigenvalue weighted by Gasteiger charge is -2.17. The Kier molecular flexibility index (Phi) is 6.22. The number of methoxy groups -OCH3 is 1. The summed E-state index contributed by atoms with van der Waals surface area (Å²) in [5, 5.41) is 2.60. The number of hydrogen-bond donors (Lipinski definition) is 1. The highest BCUT2D eigenvalue weighted by molar-refractivity contribution is 6.03. The molecule has 7 heteroatoms. The fraction of sp³-hybridized carbons (Fsp3) is 0.222. The molecular formula is C18H18N2O5. The number of nitrogens with zero attached hydrogens (tertiary/aromatic N) is 1. The van der Waals surface area contributed by atoms with E-state index in [1.807, 2.05) is 0 Å². The van der Waals surface area contributed by atoms with Gasteiger partial charge in [0.05, 0.1) is 23.9 Å². The molecule has 1 heterocycles. The number of nitrogens with one attached hydrogen (secondary N) is 1. The molecule has 0 saturated heterocycles. The number of amides is 1. The number of pyridine rings is 1. The molecule has 7 nitrogen and oxygen atoms in total. The molecule has 130 valence electrons. The second-order valence-corrected chi connectivity index (χ2v) is 5.06. The third-order valence-electron chi connectivity index (χ3n) is 3.42. The fourth-order valence-corrected chi connectivity index (χ4v) is 2.10. The summed E-state index contributed by atoms with van der Waals surface area (Å²) in [5.41, 5.74) is 0.808. The lowest BCUT2D eigenvalue weighted by atomic mass is 10.1. The summed E-state index contributed by atoms with van der Waals surface area (Å²) >= 11 is 0. The Hall–Kier alpha value is -3.22. The molecule has 1 amide bonds. The number of rotatable bonds is 6. The van der Waals surface area contributed by atoms with Crippen LogP contribution in [-0.2, 0) is 14.3 Å². The molecule has 2 aromatic rings. The maximum Gasteiger partial charge on any atom is 0.339 e. The Morgan fingerprint density at radius 1 is 1.08 bits per heavy atom. The Bertz CT molecular complexity index is 761. The highest BCUT2D eigenvalue weighted by atomic mass is 16.5. The monoisotopic (exact) mass is 342 g/mol. The number of para-hydroxylation sites is 1. The van der Waals surface area contributed by atoms with Gasteiger partial charge in [0.15, 0.2) is 6.10 Å². The van der Waals surface area contributed by atoms with Gasteiger partial charge in [-0.15, -0.1) is 0 Å². The Balaban J connectivity index is 2.11. The number of carbonyl (C=O) groups is 3. The molecule has 0 aliphatic rings. The van der Waals surface area contributed by atoms with E-state index >= 15 is 0 Å². The molecule has 0 saturated carbocycles. The lowest BCUT2D eigenvalue weighted by molar-refractivity contribution is -0.124. The van der Waals surface area contributed by atoms with Crippen LogP contribution in [0.2, 0.25) is 0 Å². The predicted octanol–water partition coefficient (Wildman–Crippen LogP) is 2.44. The zero-order chi connectivity index (χ0) is 18.2. The standard InChI is InChI=1S/C18H18N2O5/c1-3-15(25-17(22)12-8-10-19-11-9-12)16(21)20-14-7-5-4-6-13(14)18(23)24-2/h4-11,15H,3H2,1-2H3,(H,20,21).